The van der Waals surface area contributed by atoms with E-state index in [1.165, 1.54) is 11.3 Å². The normalized spacial score (nSPS) is 11.4. The van der Waals surface area contributed by atoms with Gasteiger partial charge in [-0.3, -0.25) is 10.1 Å². The van der Waals surface area contributed by atoms with Gasteiger partial charge in [0.05, 0.1) is 19.9 Å². The highest BCUT2D eigenvalue weighted by Crippen LogP contribution is 2.32. The maximum Gasteiger partial charge on any atom is 0.258 e. The van der Waals surface area contributed by atoms with E-state index in [1.54, 1.807) is 18.7 Å². The zero-order chi connectivity index (χ0) is 24.2. The second-order valence-electron chi connectivity index (χ2n) is 7.60. The van der Waals surface area contributed by atoms with Gasteiger partial charge in [-0.15, -0.1) is 16.4 Å². The largest absolute Gasteiger partial charge is 0.497 e. The molecule has 5 aromatic rings. The predicted octanol–water partition coefficient (Wildman–Crippen LogP) is 5.65. The van der Waals surface area contributed by atoms with Crippen molar-refractivity contribution in [1.82, 2.24) is 14.6 Å². The van der Waals surface area contributed by atoms with Crippen LogP contribution in [0.15, 0.2) is 84.2 Å². The van der Waals surface area contributed by atoms with E-state index >= 15 is 0 Å². The number of nitrogens with one attached hydrogen (secondary N) is 1. The van der Waals surface area contributed by atoms with Crippen LogP contribution in [0.5, 0.6) is 11.5 Å². The minimum absolute atomic E-state index is 0.231. The number of rotatable bonds is 7. The molecule has 0 saturated carbocycles. The zero-order valence-electron chi connectivity index (χ0n) is 19.1. The number of nitrogens with zero attached hydrogens (tertiary/aromatic N) is 3. The van der Waals surface area contributed by atoms with Crippen molar-refractivity contribution in [3.8, 4) is 22.8 Å². The number of aromatic nitrogens is 3. The van der Waals surface area contributed by atoms with E-state index < -0.39 is 0 Å². The van der Waals surface area contributed by atoms with Crippen molar-refractivity contribution in [2.45, 2.75) is 0 Å². The van der Waals surface area contributed by atoms with Crippen LogP contribution in [0.4, 0.5) is 5.95 Å². The molecular formula is C27H22N4O3S. The Bertz CT molecular complexity index is 1500. The lowest BCUT2D eigenvalue weighted by Gasteiger charge is -2.08. The number of ether oxygens (including phenoxy) is 2. The molecule has 0 bridgehead atoms. The summed E-state index contributed by atoms with van der Waals surface area (Å²) in [5.74, 6) is 1.42. The average molecular weight is 483 g/mol. The van der Waals surface area contributed by atoms with Gasteiger partial charge in [0, 0.05) is 16.5 Å². The fourth-order valence-electron chi connectivity index (χ4n) is 3.71. The molecule has 0 atom stereocenters. The lowest BCUT2D eigenvalue weighted by Crippen LogP contribution is -2.15. The van der Waals surface area contributed by atoms with E-state index in [2.05, 4.69) is 15.4 Å². The molecule has 0 spiro atoms. The van der Waals surface area contributed by atoms with E-state index in [9.17, 15) is 4.79 Å². The van der Waals surface area contributed by atoms with Crippen LogP contribution in [0.25, 0.3) is 27.9 Å². The van der Waals surface area contributed by atoms with Gasteiger partial charge in [-0.1, -0.05) is 54.6 Å². The number of benzene rings is 3. The summed E-state index contributed by atoms with van der Waals surface area (Å²) in [6, 6.07) is 24.7. The second kappa shape index (κ2) is 9.82. The quantitative estimate of drug-likeness (QED) is 0.239. The smallest absolute Gasteiger partial charge is 0.258 e. The summed E-state index contributed by atoms with van der Waals surface area (Å²) in [6.07, 6.45) is 1.84. The minimum atomic E-state index is -0.302. The summed E-state index contributed by atoms with van der Waals surface area (Å²) < 4.78 is 12.5. The molecule has 2 heterocycles. The van der Waals surface area contributed by atoms with Crippen LogP contribution in [-0.2, 0) is 4.79 Å². The van der Waals surface area contributed by atoms with Gasteiger partial charge in [0.15, 0.2) is 0 Å². The number of anilines is 1. The van der Waals surface area contributed by atoms with Crippen molar-refractivity contribution in [3.63, 3.8) is 0 Å². The number of fused-ring (bicyclic) bond motifs is 1. The van der Waals surface area contributed by atoms with Crippen molar-refractivity contribution in [3.05, 3.63) is 95.4 Å². The van der Waals surface area contributed by atoms with Crippen molar-refractivity contribution >= 4 is 39.8 Å². The van der Waals surface area contributed by atoms with E-state index in [1.807, 2.05) is 90.3 Å². The predicted molar refractivity (Wildman–Crippen MR) is 139 cm³/mol. The number of hydrogen-bond donors (Lipinski definition) is 1. The molecule has 35 heavy (non-hydrogen) atoms. The Labute approximate surface area is 206 Å². The van der Waals surface area contributed by atoms with Crippen LogP contribution in [0, 0.1) is 0 Å². The minimum Gasteiger partial charge on any atom is -0.497 e. The molecule has 8 heteroatoms. The molecular weight excluding hydrogens is 460 g/mol. The first-order valence-electron chi connectivity index (χ1n) is 10.9. The maximum atomic E-state index is 13.4. The molecule has 0 aliphatic rings. The van der Waals surface area contributed by atoms with Gasteiger partial charge in [-0.2, -0.15) is 4.98 Å². The van der Waals surface area contributed by atoms with Crippen LogP contribution in [0.2, 0.25) is 0 Å². The first-order valence-corrected chi connectivity index (χ1v) is 11.7. The monoisotopic (exact) mass is 482 g/mol. The zero-order valence-corrected chi connectivity index (χ0v) is 20.0. The molecule has 174 valence electrons. The molecule has 0 saturated heterocycles. The van der Waals surface area contributed by atoms with Gasteiger partial charge < -0.3 is 9.47 Å². The number of carbonyl (C=O) groups excluding carboxylic acids is 1. The molecule has 0 aliphatic heterocycles. The summed E-state index contributed by atoms with van der Waals surface area (Å²) in [5.41, 5.74) is 3.90. The van der Waals surface area contributed by atoms with Gasteiger partial charge in [-0.25, -0.2) is 4.52 Å². The van der Waals surface area contributed by atoms with Crippen LogP contribution in [0.1, 0.15) is 11.1 Å². The van der Waals surface area contributed by atoms with Gasteiger partial charge in [0.1, 0.15) is 11.5 Å². The molecule has 1 N–H and O–H groups in total. The molecule has 0 fully saturated rings. The van der Waals surface area contributed by atoms with Crippen LogP contribution >= 0.6 is 11.3 Å². The van der Waals surface area contributed by atoms with Crippen molar-refractivity contribution in [1.29, 1.82) is 0 Å². The van der Waals surface area contributed by atoms with Crippen molar-refractivity contribution in [2.75, 3.05) is 19.5 Å². The molecule has 1 amide bonds. The van der Waals surface area contributed by atoms with Crippen LogP contribution < -0.4 is 14.8 Å². The second-order valence-corrected chi connectivity index (χ2v) is 8.44. The topological polar surface area (TPSA) is 77.8 Å². The summed E-state index contributed by atoms with van der Waals surface area (Å²) in [4.78, 5) is 18.6. The van der Waals surface area contributed by atoms with Crippen molar-refractivity contribution in [2.24, 2.45) is 0 Å². The third kappa shape index (κ3) is 4.64. The summed E-state index contributed by atoms with van der Waals surface area (Å²) >= 11 is 1.44. The number of amides is 1. The molecule has 3 aromatic carbocycles. The van der Waals surface area contributed by atoms with Crippen molar-refractivity contribution < 1.29 is 14.3 Å². The molecule has 0 unspecified atom stereocenters. The molecule has 5 rings (SSSR count). The Balaban J connectivity index is 1.48. The Morgan fingerprint density at radius 3 is 2.43 bits per heavy atom. The standard InChI is InChI=1S/C27H22N4O3S/c1-33-20-14-12-18(13-15-20)16-22(19-8-4-3-5-9-19)25(32)28-26-29-27-31(30-26)23(17-35-27)21-10-6-7-11-24(21)34-2/h3-17H,1-2H3,(H,28,30,32)/b22-16+. The van der Waals surface area contributed by atoms with Gasteiger partial charge >= 0.3 is 0 Å². The Kier molecular flexibility index (Phi) is 6.28. The van der Waals surface area contributed by atoms with Gasteiger partial charge in [0.2, 0.25) is 4.96 Å². The lowest BCUT2D eigenvalue weighted by molar-refractivity contribution is -0.111. The fourth-order valence-corrected chi connectivity index (χ4v) is 4.53. The number of thiazole rings is 1. The van der Waals surface area contributed by atoms with E-state index in [0.29, 0.717) is 10.5 Å². The third-order valence-corrected chi connectivity index (χ3v) is 6.26. The fraction of sp³-hybridized carbons (Fsp3) is 0.0741. The first kappa shape index (κ1) is 22.4. The van der Waals surface area contributed by atoms with Crippen LogP contribution in [0.3, 0.4) is 0 Å². The number of carbonyl (C=O) groups is 1. The number of para-hydroxylation sites is 1. The van der Waals surface area contributed by atoms with Gasteiger partial charge in [-0.05, 0) is 41.5 Å². The summed E-state index contributed by atoms with van der Waals surface area (Å²) in [6.45, 7) is 0. The molecule has 7 nitrogen and oxygen atoms in total. The Morgan fingerprint density at radius 2 is 1.69 bits per heavy atom. The van der Waals surface area contributed by atoms with E-state index in [4.69, 9.17) is 9.47 Å². The highest BCUT2D eigenvalue weighted by Gasteiger charge is 2.18. The third-order valence-electron chi connectivity index (χ3n) is 5.45. The van der Waals surface area contributed by atoms with Gasteiger partial charge in [0.25, 0.3) is 11.9 Å². The first-order chi connectivity index (χ1) is 17.2. The Morgan fingerprint density at radius 1 is 0.943 bits per heavy atom. The maximum absolute atomic E-state index is 13.4. The van der Waals surface area contributed by atoms with E-state index in [0.717, 1.165) is 33.9 Å². The summed E-state index contributed by atoms with van der Waals surface area (Å²) in [7, 11) is 3.26. The number of hydrogen-bond acceptors (Lipinski definition) is 6. The average Bonchev–Trinajstić information content (AvgIpc) is 3.48. The number of methoxy groups -OCH3 is 2. The Hall–Kier alpha value is -4.43. The van der Waals surface area contributed by atoms with E-state index in [-0.39, 0.29) is 11.9 Å². The summed E-state index contributed by atoms with van der Waals surface area (Å²) in [5, 5.41) is 9.39. The molecule has 0 aliphatic carbocycles. The SMILES string of the molecule is COc1ccc(/C=C(/C(=O)Nc2nc3scc(-c4ccccc4OC)n3n2)c2ccccc2)cc1. The highest BCUT2D eigenvalue weighted by molar-refractivity contribution is 7.15. The highest BCUT2D eigenvalue weighted by atomic mass is 32.1. The molecule has 2 aromatic heterocycles. The van der Waals surface area contributed by atoms with Crippen LogP contribution in [-0.4, -0.2) is 34.7 Å². The molecule has 0 radical (unpaired) electrons. The lowest BCUT2D eigenvalue weighted by atomic mass is 10.0.